The molecule has 0 unspecified atom stereocenters. The van der Waals surface area contributed by atoms with E-state index in [1.165, 1.54) is 6.07 Å². The number of anilines is 2. The highest BCUT2D eigenvalue weighted by Crippen LogP contribution is 2.23. The van der Waals surface area contributed by atoms with Crippen molar-refractivity contribution in [3.05, 3.63) is 124 Å². The van der Waals surface area contributed by atoms with Gasteiger partial charge in [0, 0.05) is 62.1 Å². The topological polar surface area (TPSA) is 109 Å². The fourth-order valence-corrected chi connectivity index (χ4v) is 5.69. The van der Waals surface area contributed by atoms with Gasteiger partial charge in [0.15, 0.2) is 5.65 Å². The molecule has 1 fully saturated rings. The van der Waals surface area contributed by atoms with Crippen molar-refractivity contribution in [3.8, 4) is 5.69 Å². The molecule has 1 aliphatic rings. The van der Waals surface area contributed by atoms with E-state index >= 15 is 0 Å². The van der Waals surface area contributed by atoms with Crippen LogP contribution < -0.4 is 20.7 Å². The molecule has 10 heteroatoms. The van der Waals surface area contributed by atoms with Gasteiger partial charge in [-0.2, -0.15) is 4.98 Å². The highest BCUT2D eigenvalue weighted by molar-refractivity contribution is 5.95. The number of benzene rings is 3. The van der Waals surface area contributed by atoms with Crippen LogP contribution >= 0.6 is 0 Å². The Morgan fingerprint density at radius 3 is 2.23 bits per heavy atom. The number of carbonyl (C=O) groups excluding carboxylic acids is 1. The van der Waals surface area contributed by atoms with Crippen LogP contribution in [0.25, 0.3) is 27.5 Å². The van der Waals surface area contributed by atoms with E-state index in [2.05, 4.69) is 43.3 Å². The Morgan fingerprint density at radius 1 is 0.750 bits per heavy atom. The van der Waals surface area contributed by atoms with Gasteiger partial charge in [0.2, 0.25) is 11.9 Å². The van der Waals surface area contributed by atoms with Crippen LogP contribution in [0.5, 0.6) is 0 Å². The second-order valence-electron chi connectivity index (χ2n) is 10.7. The molecule has 1 amide bonds. The summed E-state index contributed by atoms with van der Waals surface area (Å²) < 4.78 is 1.58. The standard InChI is InChI=1S/C34H30N8O2/c1-23-28-14-15-30(43)42(31(28)39-34(38-23)41-20-18-40(19-21-41)33-35-16-5-17-36-33)27-12-10-25(11-13-27)32(44)37-22-26-8-4-7-24-6-2-3-9-29(24)26/h2-17H,18-22H2,1H3,(H,37,44). The number of fused-ring (bicyclic) bond motifs is 2. The zero-order chi connectivity index (χ0) is 30.0. The second-order valence-corrected chi connectivity index (χ2v) is 10.7. The van der Waals surface area contributed by atoms with Crippen molar-refractivity contribution in [1.29, 1.82) is 0 Å². The SMILES string of the molecule is Cc1nc(N2CCN(c3ncccn3)CC2)nc2c1ccc(=O)n2-c1ccc(C(=O)NCc2cccc3ccccc23)cc1. The molecule has 1 saturated heterocycles. The minimum Gasteiger partial charge on any atom is -0.348 e. The minimum absolute atomic E-state index is 0.185. The number of nitrogens with zero attached hydrogens (tertiary/aromatic N) is 7. The number of hydrogen-bond acceptors (Lipinski definition) is 8. The van der Waals surface area contributed by atoms with Crippen LogP contribution in [0.4, 0.5) is 11.9 Å². The van der Waals surface area contributed by atoms with Crippen LogP contribution in [0.15, 0.2) is 102 Å². The first kappa shape index (κ1) is 27.2. The number of amides is 1. The average molecular weight is 583 g/mol. The Kier molecular flexibility index (Phi) is 7.15. The van der Waals surface area contributed by atoms with Gasteiger partial charge in [-0.25, -0.2) is 15.0 Å². The van der Waals surface area contributed by atoms with E-state index in [0.717, 1.165) is 40.5 Å². The molecular formula is C34H30N8O2. The molecule has 0 spiro atoms. The van der Waals surface area contributed by atoms with Crippen molar-refractivity contribution in [3.63, 3.8) is 0 Å². The molecule has 6 aromatic rings. The van der Waals surface area contributed by atoms with E-state index in [9.17, 15) is 9.59 Å². The van der Waals surface area contributed by atoms with Crippen LogP contribution in [0.3, 0.4) is 0 Å². The molecule has 3 aromatic carbocycles. The number of piperazine rings is 1. The summed E-state index contributed by atoms with van der Waals surface area (Å²) in [5.74, 6) is 1.10. The Morgan fingerprint density at radius 2 is 1.45 bits per heavy atom. The van der Waals surface area contributed by atoms with E-state index in [-0.39, 0.29) is 11.5 Å². The number of aromatic nitrogens is 5. The first-order chi connectivity index (χ1) is 21.5. The van der Waals surface area contributed by atoms with Crippen LogP contribution in [-0.2, 0) is 6.54 Å². The zero-order valence-corrected chi connectivity index (χ0v) is 24.2. The molecule has 44 heavy (non-hydrogen) atoms. The molecule has 1 N–H and O–H groups in total. The molecule has 3 aromatic heterocycles. The van der Waals surface area contributed by atoms with Crippen LogP contribution in [0.2, 0.25) is 0 Å². The van der Waals surface area contributed by atoms with Gasteiger partial charge < -0.3 is 15.1 Å². The fraction of sp³-hybridized carbons (Fsp3) is 0.176. The van der Waals surface area contributed by atoms with Crippen LogP contribution in [0, 0.1) is 6.92 Å². The maximum atomic E-state index is 13.2. The highest BCUT2D eigenvalue weighted by Gasteiger charge is 2.22. The molecule has 0 saturated carbocycles. The molecule has 10 nitrogen and oxygen atoms in total. The predicted octanol–water partition coefficient (Wildman–Crippen LogP) is 4.29. The summed E-state index contributed by atoms with van der Waals surface area (Å²) in [5.41, 5.74) is 3.30. The summed E-state index contributed by atoms with van der Waals surface area (Å²) >= 11 is 0. The van der Waals surface area contributed by atoms with Crippen LogP contribution in [-0.4, -0.2) is 56.6 Å². The van der Waals surface area contributed by atoms with Gasteiger partial charge in [0.1, 0.15) is 0 Å². The van der Waals surface area contributed by atoms with Gasteiger partial charge in [-0.15, -0.1) is 0 Å². The van der Waals surface area contributed by atoms with Gasteiger partial charge in [0.25, 0.3) is 11.5 Å². The van der Waals surface area contributed by atoms with E-state index in [4.69, 9.17) is 9.97 Å². The summed E-state index contributed by atoms with van der Waals surface area (Å²) in [4.78, 5) is 48.9. The Hall–Kier alpha value is -5.64. The Balaban J connectivity index is 1.12. The third-order valence-corrected chi connectivity index (χ3v) is 8.03. The lowest BCUT2D eigenvalue weighted by molar-refractivity contribution is 0.0951. The molecular weight excluding hydrogens is 552 g/mol. The number of hydrogen-bond donors (Lipinski definition) is 1. The van der Waals surface area contributed by atoms with Gasteiger partial charge in [-0.05, 0) is 59.7 Å². The number of rotatable bonds is 6. The number of pyridine rings is 1. The lowest BCUT2D eigenvalue weighted by Crippen LogP contribution is -2.47. The molecule has 0 bridgehead atoms. The largest absolute Gasteiger partial charge is 0.348 e. The normalized spacial score (nSPS) is 13.4. The monoisotopic (exact) mass is 582 g/mol. The third-order valence-electron chi connectivity index (χ3n) is 8.03. The smallest absolute Gasteiger partial charge is 0.256 e. The molecule has 0 radical (unpaired) electrons. The summed E-state index contributed by atoms with van der Waals surface area (Å²) in [6, 6.07) is 26.3. The number of carbonyl (C=O) groups is 1. The fourth-order valence-electron chi connectivity index (χ4n) is 5.69. The van der Waals surface area contributed by atoms with Gasteiger partial charge in [-0.1, -0.05) is 42.5 Å². The lowest BCUT2D eigenvalue weighted by Gasteiger charge is -2.34. The van der Waals surface area contributed by atoms with Crippen molar-refractivity contribution < 1.29 is 4.79 Å². The van der Waals surface area contributed by atoms with E-state index in [0.29, 0.717) is 48.4 Å². The zero-order valence-electron chi connectivity index (χ0n) is 24.2. The van der Waals surface area contributed by atoms with Crippen LogP contribution in [0.1, 0.15) is 21.6 Å². The van der Waals surface area contributed by atoms with Gasteiger partial charge >= 0.3 is 0 Å². The van der Waals surface area contributed by atoms with Gasteiger partial charge in [0.05, 0.1) is 11.4 Å². The van der Waals surface area contributed by atoms with Crippen molar-refractivity contribution in [2.75, 3.05) is 36.0 Å². The summed E-state index contributed by atoms with van der Waals surface area (Å²) in [7, 11) is 0. The van der Waals surface area contributed by atoms with Gasteiger partial charge in [-0.3, -0.25) is 14.2 Å². The molecule has 7 rings (SSSR count). The van der Waals surface area contributed by atoms with Crippen molar-refractivity contribution >= 4 is 39.6 Å². The number of nitrogens with one attached hydrogen (secondary N) is 1. The molecule has 218 valence electrons. The number of aryl methyl sites for hydroxylation is 1. The highest BCUT2D eigenvalue weighted by atomic mass is 16.1. The van der Waals surface area contributed by atoms with E-state index in [1.54, 1.807) is 53.4 Å². The molecule has 4 heterocycles. The quantitative estimate of drug-likeness (QED) is 0.310. The second kappa shape index (κ2) is 11.6. The molecule has 0 aliphatic carbocycles. The Labute approximate surface area is 253 Å². The molecule has 0 atom stereocenters. The maximum absolute atomic E-state index is 13.2. The maximum Gasteiger partial charge on any atom is 0.256 e. The van der Waals surface area contributed by atoms with Crippen molar-refractivity contribution in [2.45, 2.75) is 13.5 Å². The minimum atomic E-state index is -0.208. The summed E-state index contributed by atoms with van der Waals surface area (Å²) in [5, 5.41) is 6.07. The van der Waals surface area contributed by atoms with E-state index < -0.39 is 0 Å². The predicted molar refractivity (Wildman–Crippen MR) is 171 cm³/mol. The first-order valence-electron chi connectivity index (χ1n) is 14.6. The summed E-state index contributed by atoms with van der Waals surface area (Å²) in [6.45, 7) is 5.20. The average Bonchev–Trinajstić information content (AvgIpc) is 3.07. The lowest BCUT2D eigenvalue weighted by atomic mass is 10.0. The third kappa shape index (κ3) is 5.22. The van der Waals surface area contributed by atoms with Crippen molar-refractivity contribution in [1.82, 2.24) is 29.8 Å². The van der Waals surface area contributed by atoms with Crippen molar-refractivity contribution in [2.24, 2.45) is 0 Å². The Bertz CT molecular complexity index is 2030. The summed E-state index contributed by atoms with van der Waals surface area (Å²) in [6.07, 6.45) is 3.49. The van der Waals surface area contributed by atoms with E-state index in [1.807, 2.05) is 31.2 Å². The first-order valence-corrected chi connectivity index (χ1v) is 14.6. The molecule has 1 aliphatic heterocycles.